The van der Waals surface area contributed by atoms with Gasteiger partial charge in [-0.2, -0.15) is 0 Å². The zero-order valence-electron chi connectivity index (χ0n) is 19.3. The van der Waals surface area contributed by atoms with Gasteiger partial charge in [-0.25, -0.2) is 4.99 Å². The molecule has 2 aliphatic heterocycles. The highest BCUT2D eigenvalue weighted by Crippen LogP contribution is 2.51. The maximum Gasteiger partial charge on any atom is 0.269 e. The smallest absolute Gasteiger partial charge is 0.269 e. The summed E-state index contributed by atoms with van der Waals surface area (Å²) in [5, 5.41) is 1.70. The highest BCUT2D eigenvalue weighted by atomic mass is 32.2. The highest BCUT2D eigenvalue weighted by Gasteiger charge is 2.38. The molecule has 1 amide bonds. The third-order valence-corrected chi connectivity index (χ3v) is 9.04. The van der Waals surface area contributed by atoms with E-state index in [1.54, 1.807) is 23.8 Å². The molecule has 7 heteroatoms. The minimum Gasteiger partial charge on any atom is -0.497 e. The van der Waals surface area contributed by atoms with Crippen LogP contribution in [0, 0.1) is 0 Å². The second-order valence-electron chi connectivity index (χ2n) is 8.60. The first-order valence-electron chi connectivity index (χ1n) is 11.6. The van der Waals surface area contributed by atoms with E-state index >= 15 is 0 Å². The minimum atomic E-state index is 0.0224. The Bertz CT molecular complexity index is 1120. The van der Waals surface area contributed by atoms with Gasteiger partial charge < -0.3 is 9.64 Å². The number of methoxy groups -OCH3 is 1. The summed E-state index contributed by atoms with van der Waals surface area (Å²) in [5.41, 5.74) is 3.37. The average Bonchev–Trinajstić information content (AvgIpc) is 3.35. The fourth-order valence-electron chi connectivity index (χ4n) is 4.72. The molecule has 0 spiro atoms. The summed E-state index contributed by atoms with van der Waals surface area (Å²) in [6, 6.07) is 14.7. The van der Waals surface area contributed by atoms with Crippen LogP contribution < -0.4 is 9.64 Å². The van der Waals surface area contributed by atoms with Crippen molar-refractivity contribution in [1.82, 2.24) is 4.90 Å². The van der Waals surface area contributed by atoms with E-state index in [1.807, 2.05) is 32.2 Å². The Labute approximate surface area is 204 Å². The average molecular weight is 480 g/mol. The number of amidine groups is 1. The molecular weight excluding hydrogens is 450 g/mol. The number of aliphatic imine (C=N–C) groups is 1. The molecule has 1 aliphatic carbocycles. The van der Waals surface area contributed by atoms with Crippen molar-refractivity contribution in [2.24, 2.45) is 4.99 Å². The van der Waals surface area contributed by atoms with Crippen LogP contribution in [0.1, 0.15) is 50.5 Å². The fourth-order valence-corrected chi connectivity index (χ4v) is 7.10. The van der Waals surface area contributed by atoms with Crippen LogP contribution in [0.25, 0.3) is 0 Å². The molecule has 2 fully saturated rings. The molecule has 2 aromatic carbocycles. The maximum atomic E-state index is 13.3. The van der Waals surface area contributed by atoms with E-state index in [9.17, 15) is 4.79 Å². The molecule has 172 valence electrons. The molecule has 0 atom stereocenters. The van der Waals surface area contributed by atoms with Gasteiger partial charge in [-0.15, -0.1) is 0 Å². The number of nitrogens with zero attached hydrogens (tertiary/aromatic N) is 3. The quantitative estimate of drug-likeness (QED) is 0.455. The van der Waals surface area contributed by atoms with Gasteiger partial charge in [0, 0.05) is 24.6 Å². The maximum absolute atomic E-state index is 13.3. The first kappa shape index (κ1) is 22.4. The number of hydrogen-bond donors (Lipinski definition) is 0. The van der Waals surface area contributed by atoms with Crippen molar-refractivity contribution in [3.05, 3.63) is 58.0 Å². The Balaban J connectivity index is 1.41. The van der Waals surface area contributed by atoms with Crippen molar-refractivity contribution in [3.63, 3.8) is 0 Å². The lowest BCUT2D eigenvalue weighted by Gasteiger charge is -2.21. The Morgan fingerprint density at radius 1 is 1.06 bits per heavy atom. The zero-order chi connectivity index (χ0) is 22.9. The molecule has 0 bridgehead atoms. The number of likely N-dealkylation sites (N-methyl/N-ethyl adjacent to an activating group) is 1. The van der Waals surface area contributed by atoms with Gasteiger partial charge >= 0.3 is 0 Å². The van der Waals surface area contributed by atoms with E-state index in [0.717, 1.165) is 37.1 Å². The van der Waals surface area contributed by atoms with Gasteiger partial charge in [0.1, 0.15) is 10.7 Å². The lowest BCUT2D eigenvalue weighted by Crippen LogP contribution is -2.29. The van der Waals surface area contributed by atoms with E-state index < -0.39 is 0 Å². The predicted octanol–water partition coefficient (Wildman–Crippen LogP) is 6.74. The van der Waals surface area contributed by atoms with Crippen molar-refractivity contribution in [2.45, 2.75) is 49.8 Å². The number of carbonyl (C=O) groups is 1. The SMILES string of the molecule is CCN1C(=O)/C(=C2/Sc3ccc(OC)cc3N2C)SC1=Nc1ccc(C2CCCCC2)cc1. The second-order valence-corrected chi connectivity index (χ2v) is 10.6. The molecular formula is C26H29N3O2S2. The minimum absolute atomic E-state index is 0.0224. The number of fused-ring (bicyclic) bond motifs is 1. The van der Waals surface area contributed by atoms with Crippen LogP contribution in [0.15, 0.2) is 62.3 Å². The number of hydrogen-bond acceptors (Lipinski definition) is 6. The number of amides is 1. The summed E-state index contributed by atoms with van der Waals surface area (Å²) in [6.45, 7) is 2.59. The first-order valence-corrected chi connectivity index (χ1v) is 13.2. The van der Waals surface area contributed by atoms with Crippen molar-refractivity contribution < 1.29 is 9.53 Å². The summed E-state index contributed by atoms with van der Waals surface area (Å²) >= 11 is 3.10. The van der Waals surface area contributed by atoms with Crippen molar-refractivity contribution in [3.8, 4) is 5.75 Å². The Hall–Kier alpha value is -2.38. The molecule has 2 aromatic rings. The number of anilines is 1. The molecule has 33 heavy (non-hydrogen) atoms. The van der Waals surface area contributed by atoms with Gasteiger partial charge in [-0.05, 0) is 67.3 Å². The standard InChI is InChI=1S/C26H29N3O2S2/c1-4-29-24(30)23(25-28(2)21-16-20(31-3)14-15-22(21)32-25)33-26(29)27-19-12-10-18(11-13-19)17-8-6-5-7-9-17/h10-17H,4-9H2,1-3H3/b25-23-,27-26?. The topological polar surface area (TPSA) is 45.1 Å². The summed E-state index contributed by atoms with van der Waals surface area (Å²) < 4.78 is 5.38. The normalized spacial score (nSPS) is 22.4. The van der Waals surface area contributed by atoms with Crippen LogP contribution >= 0.6 is 23.5 Å². The van der Waals surface area contributed by atoms with E-state index in [2.05, 4.69) is 29.2 Å². The molecule has 0 radical (unpaired) electrons. The summed E-state index contributed by atoms with van der Waals surface area (Å²) in [5.74, 6) is 1.52. The van der Waals surface area contributed by atoms with Gasteiger partial charge in [0.2, 0.25) is 0 Å². The van der Waals surface area contributed by atoms with Gasteiger partial charge in [-0.3, -0.25) is 9.69 Å². The van der Waals surface area contributed by atoms with Crippen molar-refractivity contribution in [2.75, 3.05) is 25.6 Å². The van der Waals surface area contributed by atoms with Crippen LogP contribution in [0.3, 0.4) is 0 Å². The molecule has 1 saturated carbocycles. The highest BCUT2D eigenvalue weighted by molar-refractivity contribution is 8.19. The summed E-state index contributed by atoms with van der Waals surface area (Å²) in [6.07, 6.45) is 6.61. The third-order valence-electron chi connectivity index (χ3n) is 6.61. The monoisotopic (exact) mass is 479 g/mol. The van der Waals surface area contributed by atoms with Gasteiger partial charge in [0.05, 0.1) is 23.5 Å². The number of carbonyl (C=O) groups excluding carboxylic acids is 1. The zero-order valence-corrected chi connectivity index (χ0v) is 21.0. The van der Waals surface area contributed by atoms with Crippen molar-refractivity contribution in [1.29, 1.82) is 0 Å². The molecule has 1 saturated heterocycles. The molecule has 0 N–H and O–H groups in total. The Morgan fingerprint density at radius 3 is 2.52 bits per heavy atom. The molecule has 3 aliphatic rings. The third kappa shape index (κ3) is 4.28. The lowest BCUT2D eigenvalue weighted by molar-refractivity contribution is -0.122. The predicted molar refractivity (Wildman–Crippen MR) is 139 cm³/mol. The van der Waals surface area contributed by atoms with Crippen LogP contribution in [0.4, 0.5) is 11.4 Å². The van der Waals surface area contributed by atoms with Gasteiger partial charge in [0.25, 0.3) is 5.91 Å². The van der Waals surface area contributed by atoms with Crippen LogP contribution in [-0.2, 0) is 4.79 Å². The second kappa shape index (κ2) is 9.47. The number of benzene rings is 2. The van der Waals surface area contributed by atoms with Crippen molar-refractivity contribution >= 4 is 46.0 Å². The number of thioether (sulfide) groups is 2. The van der Waals surface area contributed by atoms with E-state index in [4.69, 9.17) is 9.73 Å². The first-order chi connectivity index (χ1) is 16.1. The lowest BCUT2D eigenvalue weighted by atomic mass is 9.84. The molecule has 2 heterocycles. The van der Waals surface area contributed by atoms with E-state index in [1.165, 1.54) is 49.4 Å². The summed E-state index contributed by atoms with van der Waals surface area (Å²) in [7, 11) is 3.67. The van der Waals surface area contributed by atoms with E-state index in [-0.39, 0.29) is 5.91 Å². The largest absolute Gasteiger partial charge is 0.497 e. The molecule has 0 aromatic heterocycles. The number of ether oxygens (including phenoxy) is 1. The van der Waals surface area contributed by atoms with Gasteiger partial charge in [0.15, 0.2) is 5.17 Å². The Morgan fingerprint density at radius 2 is 1.82 bits per heavy atom. The van der Waals surface area contributed by atoms with Gasteiger partial charge in [-0.1, -0.05) is 43.2 Å². The fraction of sp³-hybridized carbons (Fsp3) is 0.385. The van der Waals surface area contributed by atoms with Crippen LogP contribution in [0.2, 0.25) is 0 Å². The molecule has 5 rings (SSSR count). The Kier molecular flexibility index (Phi) is 6.43. The number of rotatable bonds is 4. The van der Waals surface area contributed by atoms with Crippen LogP contribution in [-0.4, -0.2) is 36.7 Å². The van der Waals surface area contributed by atoms with E-state index in [0.29, 0.717) is 12.5 Å². The molecule has 0 unspecified atom stereocenters. The van der Waals surface area contributed by atoms with Crippen LogP contribution in [0.5, 0.6) is 5.75 Å². The summed E-state index contributed by atoms with van der Waals surface area (Å²) in [4.78, 5) is 23.9. The molecule has 5 nitrogen and oxygen atoms in total.